The number of ether oxygens (including phenoxy) is 1. The quantitative estimate of drug-likeness (QED) is 0.419. The van der Waals surface area contributed by atoms with Crippen molar-refractivity contribution in [3.63, 3.8) is 0 Å². The molecule has 0 radical (unpaired) electrons. The van der Waals surface area contributed by atoms with Crippen LogP contribution in [0.15, 0.2) is 18.2 Å². The van der Waals surface area contributed by atoms with Gasteiger partial charge in [0.2, 0.25) is 5.95 Å². The van der Waals surface area contributed by atoms with Crippen molar-refractivity contribution in [3.8, 4) is 17.3 Å². The van der Waals surface area contributed by atoms with Crippen LogP contribution in [0.5, 0.6) is 0 Å². The van der Waals surface area contributed by atoms with Crippen molar-refractivity contribution in [3.05, 3.63) is 33.9 Å². The summed E-state index contributed by atoms with van der Waals surface area (Å²) in [5, 5.41) is 20.9. The molecule has 1 aliphatic rings. The zero-order valence-electron chi connectivity index (χ0n) is 16.4. The molecule has 4 N–H and O–H groups in total. The lowest BCUT2D eigenvalue weighted by Crippen LogP contribution is -2.37. The summed E-state index contributed by atoms with van der Waals surface area (Å²) in [7, 11) is 0. The Kier molecular flexibility index (Phi) is 5.96. The fourth-order valence-electron chi connectivity index (χ4n) is 3.52. The number of nitro benzene ring substituents is 1. The largest absolute Gasteiger partial charge is 0.466 e. The standard InChI is InChI=1S/C19H21N7O4/c1-2-30-18(27)11-5-7-25(8-6-11)15-4-3-12(26(28)29)9-13(15)16-14(10-20)17(21)24-19(22)23-16/h3-4,9,11H,2,5-8H2,1H3,(H4,21,22,23,24). The molecule has 0 aliphatic carbocycles. The fourth-order valence-corrected chi connectivity index (χ4v) is 3.52. The van der Waals surface area contributed by atoms with Gasteiger partial charge in [-0.15, -0.1) is 0 Å². The lowest BCUT2D eigenvalue weighted by Gasteiger charge is -2.33. The van der Waals surface area contributed by atoms with Gasteiger partial charge in [0.05, 0.1) is 23.1 Å². The Hall–Kier alpha value is -3.94. The predicted octanol–water partition coefficient (Wildman–Crippen LogP) is 1.87. The molecule has 0 amide bonds. The number of hydrogen-bond acceptors (Lipinski definition) is 10. The molecule has 0 saturated carbocycles. The number of benzene rings is 1. The Morgan fingerprint density at radius 3 is 2.67 bits per heavy atom. The summed E-state index contributed by atoms with van der Waals surface area (Å²) in [5.41, 5.74) is 12.5. The Morgan fingerprint density at radius 2 is 2.07 bits per heavy atom. The summed E-state index contributed by atoms with van der Waals surface area (Å²) < 4.78 is 5.10. The summed E-state index contributed by atoms with van der Waals surface area (Å²) in [4.78, 5) is 32.7. The number of rotatable bonds is 5. The normalized spacial score (nSPS) is 14.2. The highest BCUT2D eigenvalue weighted by Crippen LogP contribution is 2.38. The highest BCUT2D eigenvalue weighted by Gasteiger charge is 2.29. The number of nitriles is 1. The van der Waals surface area contributed by atoms with Crippen molar-refractivity contribution in [2.45, 2.75) is 19.8 Å². The third kappa shape index (κ3) is 4.07. The van der Waals surface area contributed by atoms with Gasteiger partial charge in [-0.05, 0) is 25.8 Å². The van der Waals surface area contributed by atoms with E-state index in [1.807, 2.05) is 11.0 Å². The summed E-state index contributed by atoms with van der Waals surface area (Å²) in [6.45, 7) is 3.17. The molecule has 2 heterocycles. The average Bonchev–Trinajstić information content (AvgIpc) is 2.73. The van der Waals surface area contributed by atoms with Gasteiger partial charge in [0.1, 0.15) is 17.5 Å². The van der Waals surface area contributed by atoms with Gasteiger partial charge in [0, 0.05) is 36.5 Å². The van der Waals surface area contributed by atoms with Gasteiger partial charge in [0.25, 0.3) is 5.69 Å². The number of hydrogen-bond donors (Lipinski definition) is 2. The van der Waals surface area contributed by atoms with E-state index in [0.717, 1.165) is 0 Å². The van der Waals surface area contributed by atoms with Crippen LogP contribution in [-0.4, -0.2) is 40.6 Å². The number of non-ortho nitro benzene ring substituents is 1. The van der Waals surface area contributed by atoms with Crippen molar-refractivity contribution >= 4 is 29.1 Å². The smallest absolute Gasteiger partial charge is 0.309 e. The van der Waals surface area contributed by atoms with Crippen molar-refractivity contribution in [2.75, 3.05) is 36.1 Å². The van der Waals surface area contributed by atoms with E-state index in [9.17, 15) is 20.2 Å². The van der Waals surface area contributed by atoms with Gasteiger partial charge in [-0.2, -0.15) is 10.2 Å². The maximum Gasteiger partial charge on any atom is 0.309 e. The van der Waals surface area contributed by atoms with Crippen LogP contribution < -0.4 is 16.4 Å². The first-order valence-corrected chi connectivity index (χ1v) is 9.39. The Morgan fingerprint density at radius 1 is 1.37 bits per heavy atom. The molecule has 30 heavy (non-hydrogen) atoms. The number of anilines is 3. The monoisotopic (exact) mass is 411 g/mol. The van der Waals surface area contributed by atoms with Crippen LogP contribution in [0.2, 0.25) is 0 Å². The second kappa shape index (κ2) is 8.60. The van der Waals surface area contributed by atoms with Gasteiger partial charge < -0.3 is 21.1 Å². The first-order valence-electron chi connectivity index (χ1n) is 9.39. The van der Waals surface area contributed by atoms with Gasteiger partial charge in [-0.3, -0.25) is 14.9 Å². The van der Waals surface area contributed by atoms with Crippen LogP contribution in [0.3, 0.4) is 0 Å². The number of nitrogens with zero attached hydrogens (tertiary/aromatic N) is 5. The molecule has 1 aromatic carbocycles. The molecule has 1 saturated heterocycles. The van der Waals surface area contributed by atoms with Crippen LogP contribution in [0.25, 0.3) is 11.3 Å². The van der Waals surface area contributed by atoms with Crippen molar-refractivity contribution < 1.29 is 14.5 Å². The number of piperidine rings is 1. The second-order valence-corrected chi connectivity index (χ2v) is 6.77. The molecule has 1 fully saturated rings. The van der Waals surface area contributed by atoms with Crippen LogP contribution in [0.4, 0.5) is 23.1 Å². The number of nitro groups is 1. The van der Waals surface area contributed by atoms with Gasteiger partial charge in [-0.1, -0.05) is 0 Å². The van der Waals surface area contributed by atoms with Crippen molar-refractivity contribution in [2.24, 2.45) is 5.92 Å². The zero-order chi connectivity index (χ0) is 21.8. The highest BCUT2D eigenvalue weighted by molar-refractivity contribution is 5.84. The van der Waals surface area contributed by atoms with Gasteiger partial charge in [0.15, 0.2) is 0 Å². The van der Waals surface area contributed by atoms with Crippen molar-refractivity contribution in [1.82, 2.24) is 9.97 Å². The zero-order valence-corrected chi connectivity index (χ0v) is 16.4. The third-order valence-electron chi connectivity index (χ3n) is 4.97. The Balaban J connectivity index is 2.03. The molecule has 1 aliphatic heterocycles. The minimum Gasteiger partial charge on any atom is -0.466 e. The lowest BCUT2D eigenvalue weighted by molar-refractivity contribution is -0.384. The number of carbonyl (C=O) groups is 1. The molecule has 0 bridgehead atoms. The van der Waals surface area contributed by atoms with E-state index in [1.165, 1.54) is 12.1 Å². The minimum absolute atomic E-state index is 0.00708. The van der Waals surface area contributed by atoms with E-state index in [4.69, 9.17) is 16.2 Å². The third-order valence-corrected chi connectivity index (χ3v) is 4.97. The minimum atomic E-state index is -0.528. The first-order chi connectivity index (χ1) is 14.3. The maximum absolute atomic E-state index is 12.0. The van der Waals surface area contributed by atoms with E-state index in [0.29, 0.717) is 43.8 Å². The van der Waals surface area contributed by atoms with Crippen LogP contribution >= 0.6 is 0 Å². The summed E-state index contributed by atoms with van der Waals surface area (Å²) in [6.07, 6.45) is 1.16. The van der Waals surface area contributed by atoms with E-state index in [-0.39, 0.29) is 40.6 Å². The van der Waals surface area contributed by atoms with E-state index < -0.39 is 4.92 Å². The second-order valence-electron chi connectivity index (χ2n) is 6.77. The van der Waals surface area contributed by atoms with Gasteiger partial charge in [-0.25, -0.2) is 4.98 Å². The highest BCUT2D eigenvalue weighted by atomic mass is 16.6. The molecular formula is C19H21N7O4. The Labute approximate surface area is 172 Å². The van der Waals surface area contributed by atoms with E-state index in [2.05, 4.69) is 9.97 Å². The molecule has 2 aromatic rings. The lowest BCUT2D eigenvalue weighted by atomic mass is 9.95. The molecule has 0 unspecified atom stereocenters. The van der Waals surface area contributed by atoms with E-state index >= 15 is 0 Å². The summed E-state index contributed by atoms with van der Waals surface area (Å²) in [6, 6.07) is 6.28. The molecule has 0 spiro atoms. The van der Waals surface area contributed by atoms with Crippen LogP contribution in [0, 0.1) is 27.4 Å². The van der Waals surface area contributed by atoms with Gasteiger partial charge >= 0.3 is 5.97 Å². The fraction of sp³-hybridized carbons (Fsp3) is 0.368. The predicted molar refractivity (Wildman–Crippen MR) is 109 cm³/mol. The number of aromatic nitrogens is 2. The number of carbonyl (C=O) groups excluding carboxylic acids is 1. The molecule has 1 aromatic heterocycles. The topological polar surface area (TPSA) is 174 Å². The number of esters is 1. The summed E-state index contributed by atoms with van der Waals surface area (Å²) >= 11 is 0. The maximum atomic E-state index is 12.0. The number of nitrogens with two attached hydrogens (primary N) is 2. The van der Waals surface area contributed by atoms with Crippen LogP contribution in [-0.2, 0) is 9.53 Å². The van der Waals surface area contributed by atoms with Crippen LogP contribution in [0.1, 0.15) is 25.3 Å². The Bertz CT molecular complexity index is 1030. The average molecular weight is 411 g/mol. The molecule has 156 valence electrons. The molecule has 3 rings (SSSR count). The molecule has 11 heteroatoms. The SMILES string of the molecule is CCOC(=O)C1CCN(c2ccc([N+](=O)[O-])cc2-c2nc(N)nc(N)c2C#N)CC1. The van der Waals surface area contributed by atoms with E-state index in [1.54, 1.807) is 13.0 Å². The first kappa shape index (κ1) is 20.8. The number of nitrogen functional groups attached to an aromatic ring is 2. The summed E-state index contributed by atoms with van der Waals surface area (Å²) in [5.74, 6) is -0.648. The van der Waals surface area contributed by atoms with Crippen molar-refractivity contribution in [1.29, 1.82) is 5.26 Å². The molecular weight excluding hydrogens is 390 g/mol. The molecule has 11 nitrogen and oxygen atoms in total. The molecule has 0 atom stereocenters.